The van der Waals surface area contributed by atoms with Gasteiger partial charge in [0.25, 0.3) is 5.91 Å². The van der Waals surface area contributed by atoms with Crippen LogP contribution >= 0.6 is 34.8 Å². The van der Waals surface area contributed by atoms with Gasteiger partial charge >= 0.3 is 6.36 Å². The molecule has 12 heteroatoms. The Balaban J connectivity index is 1.52. The van der Waals surface area contributed by atoms with Crippen LogP contribution < -0.4 is 10.1 Å². The lowest BCUT2D eigenvalue weighted by molar-refractivity contribution is -0.274. The number of carbonyl (C=O) groups excluding carboxylic acids is 1. The predicted octanol–water partition coefficient (Wildman–Crippen LogP) is 8.04. The quantitative estimate of drug-likeness (QED) is 0.209. The van der Waals surface area contributed by atoms with Crippen molar-refractivity contribution in [3.8, 4) is 28.1 Å². The van der Waals surface area contributed by atoms with E-state index in [1.54, 1.807) is 24.3 Å². The van der Waals surface area contributed by atoms with E-state index < -0.39 is 18.0 Å². The van der Waals surface area contributed by atoms with E-state index in [1.165, 1.54) is 12.1 Å². The number of pyridine rings is 1. The molecular formula is C31H25Cl3F3N3O3. The summed E-state index contributed by atoms with van der Waals surface area (Å²) in [6.07, 6.45) is -4.82. The average Bonchev–Trinajstić information content (AvgIpc) is 2.97. The second kappa shape index (κ2) is 13.5. The number of morpholine rings is 1. The van der Waals surface area contributed by atoms with Crippen LogP contribution in [0.2, 0.25) is 15.1 Å². The minimum atomic E-state index is -4.82. The Morgan fingerprint density at radius 2 is 1.58 bits per heavy atom. The molecule has 1 aromatic heterocycles. The third-order valence-corrected chi connectivity index (χ3v) is 7.60. The molecule has 1 aliphatic rings. The van der Waals surface area contributed by atoms with Gasteiger partial charge in [-0.2, -0.15) is 0 Å². The molecule has 43 heavy (non-hydrogen) atoms. The van der Waals surface area contributed by atoms with E-state index in [2.05, 4.69) is 15.0 Å². The molecule has 3 aromatic carbocycles. The van der Waals surface area contributed by atoms with Crippen LogP contribution in [0.1, 0.15) is 21.6 Å². The number of aromatic nitrogens is 1. The third kappa shape index (κ3) is 8.19. The summed E-state index contributed by atoms with van der Waals surface area (Å²) in [5.41, 5.74) is 4.60. The van der Waals surface area contributed by atoms with Crippen molar-refractivity contribution < 1.29 is 27.4 Å². The number of hydrogen-bond acceptors (Lipinski definition) is 5. The molecule has 0 aliphatic carbocycles. The van der Waals surface area contributed by atoms with E-state index in [0.29, 0.717) is 46.1 Å². The van der Waals surface area contributed by atoms with Gasteiger partial charge in [0, 0.05) is 63.5 Å². The van der Waals surface area contributed by atoms with Crippen LogP contribution in [0.3, 0.4) is 0 Å². The number of hydrogen-bond donors (Lipinski definition) is 1. The van der Waals surface area contributed by atoms with Gasteiger partial charge in [-0.1, -0.05) is 53.0 Å². The second-order valence-electron chi connectivity index (χ2n) is 9.76. The molecule has 0 spiro atoms. The summed E-state index contributed by atoms with van der Waals surface area (Å²) in [7, 11) is 0. The second-order valence-corrected chi connectivity index (χ2v) is 11.0. The molecule has 224 valence electrons. The fourth-order valence-electron chi connectivity index (χ4n) is 4.68. The molecule has 0 atom stereocenters. The maximum atomic E-state index is 13.0. The highest BCUT2D eigenvalue weighted by Gasteiger charge is 2.31. The molecule has 1 amide bonds. The number of halogens is 6. The minimum Gasteiger partial charge on any atom is -0.406 e. The van der Waals surface area contributed by atoms with Crippen LogP contribution in [-0.2, 0) is 17.8 Å². The highest BCUT2D eigenvalue weighted by molar-refractivity contribution is 6.36. The van der Waals surface area contributed by atoms with E-state index >= 15 is 0 Å². The molecule has 1 fully saturated rings. The number of amides is 1. The van der Waals surface area contributed by atoms with Crippen LogP contribution in [0.5, 0.6) is 5.75 Å². The van der Waals surface area contributed by atoms with E-state index in [1.807, 2.05) is 24.3 Å². The molecule has 1 aliphatic heterocycles. The Bertz CT molecular complexity index is 1590. The van der Waals surface area contributed by atoms with Gasteiger partial charge in [-0.3, -0.25) is 14.7 Å². The molecule has 4 aromatic rings. The summed E-state index contributed by atoms with van der Waals surface area (Å²) in [4.78, 5) is 20.3. The number of nitrogens with zero attached hydrogens (tertiary/aromatic N) is 2. The molecule has 5 rings (SSSR count). The Kier molecular flexibility index (Phi) is 9.78. The van der Waals surface area contributed by atoms with Gasteiger partial charge < -0.3 is 14.8 Å². The van der Waals surface area contributed by atoms with Crippen molar-refractivity contribution in [1.82, 2.24) is 15.2 Å². The minimum absolute atomic E-state index is 0.103. The Labute approximate surface area is 261 Å². The molecule has 1 saturated heterocycles. The highest BCUT2D eigenvalue weighted by Crippen LogP contribution is 2.38. The van der Waals surface area contributed by atoms with Gasteiger partial charge in [0.05, 0.1) is 24.6 Å². The molecule has 1 N–H and O–H groups in total. The Morgan fingerprint density at radius 3 is 2.23 bits per heavy atom. The van der Waals surface area contributed by atoms with Gasteiger partial charge in [0.2, 0.25) is 0 Å². The van der Waals surface area contributed by atoms with E-state index in [0.717, 1.165) is 47.6 Å². The Morgan fingerprint density at radius 1 is 0.907 bits per heavy atom. The fourth-order valence-corrected chi connectivity index (χ4v) is 5.32. The highest BCUT2D eigenvalue weighted by atomic mass is 35.5. The summed E-state index contributed by atoms with van der Waals surface area (Å²) in [6.45, 7) is 3.26. The van der Waals surface area contributed by atoms with Crippen LogP contribution in [0, 0.1) is 0 Å². The van der Waals surface area contributed by atoms with Gasteiger partial charge in [0.1, 0.15) is 5.75 Å². The van der Waals surface area contributed by atoms with E-state index in [9.17, 15) is 18.0 Å². The predicted molar refractivity (Wildman–Crippen MR) is 161 cm³/mol. The van der Waals surface area contributed by atoms with E-state index in [4.69, 9.17) is 44.5 Å². The fraction of sp³-hybridized carbons (Fsp3) is 0.226. The van der Waals surface area contributed by atoms with Crippen molar-refractivity contribution in [3.63, 3.8) is 0 Å². The molecule has 6 nitrogen and oxygen atoms in total. The monoisotopic (exact) mass is 649 g/mol. The zero-order valence-electron chi connectivity index (χ0n) is 22.6. The van der Waals surface area contributed by atoms with Crippen molar-refractivity contribution >= 4 is 40.7 Å². The molecule has 0 radical (unpaired) electrons. The molecule has 0 bridgehead atoms. The van der Waals surface area contributed by atoms with Crippen LogP contribution in [0.25, 0.3) is 22.4 Å². The summed E-state index contributed by atoms with van der Waals surface area (Å²) in [5, 5.41) is 4.37. The van der Waals surface area contributed by atoms with Crippen molar-refractivity contribution in [2.45, 2.75) is 19.5 Å². The van der Waals surface area contributed by atoms with Crippen molar-refractivity contribution in [3.05, 3.63) is 105 Å². The number of ether oxygens (including phenoxy) is 2. The number of alkyl halides is 3. The first-order valence-electron chi connectivity index (χ1n) is 13.2. The first kappa shape index (κ1) is 31.1. The van der Waals surface area contributed by atoms with Gasteiger partial charge in [-0.15, -0.1) is 13.2 Å². The zero-order chi connectivity index (χ0) is 30.6. The van der Waals surface area contributed by atoms with Crippen molar-refractivity contribution in [2.24, 2.45) is 0 Å². The van der Waals surface area contributed by atoms with Crippen LogP contribution in [-0.4, -0.2) is 48.5 Å². The largest absolute Gasteiger partial charge is 0.573 e. The first-order valence-corrected chi connectivity index (χ1v) is 14.4. The first-order chi connectivity index (χ1) is 20.6. The number of benzene rings is 3. The van der Waals surface area contributed by atoms with E-state index in [-0.39, 0.29) is 12.1 Å². The molecule has 2 heterocycles. The third-order valence-electron chi connectivity index (χ3n) is 6.80. The lowest BCUT2D eigenvalue weighted by Gasteiger charge is -2.27. The Hall–Kier alpha value is -3.34. The average molecular weight is 651 g/mol. The summed E-state index contributed by atoms with van der Waals surface area (Å²) >= 11 is 19.0. The zero-order valence-corrected chi connectivity index (χ0v) is 24.8. The standard InChI is InChI=1S/C31H25Cl3F3N3O3/c32-22-5-1-19(2-6-22)29-26(25-10-7-23(33)16-27(25)34)15-21(28(39-29)18-40-11-13-42-14-12-40)17-38-30(41)20-3-8-24(9-4-20)43-31(35,36)37/h1-10,15-16H,11-14,17-18H2,(H,38,41). The SMILES string of the molecule is O=C(NCc1cc(-c2ccc(Cl)cc2Cl)c(-c2ccc(Cl)cc2)nc1CN1CCOCC1)c1ccc(OC(F)(F)F)cc1. The van der Waals surface area contributed by atoms with Crippen molar-refractivity contribution in [1.29, 1.82) is 0 Å². The number of nitrogens with one attached hydrogen (secondary N) is 1. The maximum Gasteiger partial charge on any atom is 0.573 e. The smallest absolute Gasteiger partial charge is 0.406 e. The summed E-state index contributed by atoms with van der Waals surface area (Å²) in [6, 6.07) is 19.2. The lowest BCUT2D eigenvalue weighted by atomic mass is 9.96. The van der Waals surface area contributed by atoms with Crippen LogP contribution in [0.4, 0.5) is 13.2 Å². The number of carbonyl (C=O) groups is 1. The molecule has 0 unspecified atom stereocenters. The van der Waals surface area contributed by atoms with Gasteiger partial charge in [-0.25, -0.2) is 0 Å². The van der Waals surface area contributed by atoms with Gasteiger partial charge in [-0.05, 0) is 60.2 Å². The van der Waals surface area contributed by atoms with Gasteiger partial charge in [0.15, 0.2) is 0 Å². The molecular weight excluding hydrogens is 626 g/mol. The topological polar surface area (TPSA) is 63.7 Å². The lowest BCUT2D eigenvalue weighted by Crippen LogP contribution is -2.36. The normalized spacial score (nSPS) is 14.0. The van der Waals surface area contributed by atoms with Crippen LogP contribution in [0.15, 0.2) is 72.8 Å². The maximum absolute atomic E-state index is 13.0. The summed E-state index contributed by atoms with van der Waals surface area (Å²) < 4.78 is 47.0. The summed E-state index contributed by atoms with van der Waals surface area (Å²) in [5.74, 6) is -0.882. The molecule has 0 saturated carbocycles. The van der Waals surface area contributed by atoms with Crippen molar-refractivity contribution in [2.75, 3.05) is 26.3 Å². The number of rotatable bonds is 8.